The fourth-order valence-corrected chi connectivity index (χ4v) is 6.98. The van der Waals surface area contributed by atoms with E-state index in [0.29, 0.717) is 0 Å². The highest BCUT2D eigenvalue weighted by Gasteiger charge is 2.52. The van der Waals surface area contributed by atoms with E-state index in [9.17, 15) is 33.9 Å². The van der Waals surface area contributed by atoms with Crippen LogP contribution in [-0.4, -0.2) is 97.7 Å². The van der Waals surface area contributed by atoms with E-state index in [1.165, 1.54) is 23.2 Å². The number of hydrogen-bond donors (Lipinski definition) is 7. The topological polar surface area (TPSA) is 317 Å². The molecule has 0 radical (unpaired) electrons. The van der Waals surface area contributed by atoms with Gasteiger partial charge in [0.1, 0.15) is 17.9 Å². The number of aliphatic hydroxyl groups is 2. The summed E-state index contributed by atoms with van der Waals surface area (Å²) in [6.07, 6.45) is -7.34. The van der Waals surface area contributed by atoms with Gasteiger partial charge in [0, 0.05) is 6.20 Å². The molecule has 0 spiro atoms. The maximum absolute atomic E-state index is 13.2. The van der Waals surface area contributed by atoms with Crippen LogP contribution in [0.25, 0.3) is 28.1 Å². The second kappa shape index (κ2) is 10.6. The third kappa shape index (κ3) is 5.16. The van der Waals surface area contributed by atoms with Gasteiger partial charge in [-0.2, -0.15) is 4.98 Å². The molecule has 5 unspecified atom stereocenters. The van der Waals surface area contributed by atoms with Gasteiger partial charge in [-0.15, -0.1) is 0 Å². The summed E-state index contributed by atoms with van der Waals surface area (Å²) in [6.45, 7) is -0.845. The van der Waals surface area contributed by atoms with Gasteiger partial charge in [-0.05, 0) is 6.07 Å². The number of rotatable bonds is 2. The minimum atomic E-state index is -5.08. The molecule has 24 heteroatoms. The number of H-pyrrole nitrogens is 1. The second-order valence-electron chi connectivity index (χ2n) is 9.98. The van der Waals surface area contributed by atoms with Gasteiger partial charge in [-0.3, -0.25) is 37.0 Å². The summed E-state index contributed by atoms with van der Waals surface area (Å²) in [6, 6.07) is 1.35. The lowest BCUT2D eigenvalue weighted by Crippen LogP contribution is -2.37. The fraction of sp³-hybridized carbons (Fsp3) is 0.381. The van der Waals surface area contributed by atoms with Crippen LogP contribution in [0.15, 0.2) is 35.5 Å². The van der Waals surface area contributed by atoms with Gasteiger partial charge in [0.2, 0.25) is 11.8 Å². The van der Waals surface area contributed by atoms with Gasteiger partial charge >= 0.3 is 15.4 Å². The molecule has 2 fully saturated rings. The summed E-state index contributed by atoms with van der Waals surface area (Å²) in [5.41, 5.74) is 11.1. The molecule has 3 aliphatic heterocycles. The first-order chi connectivity index (χ1) is 21.3. The Morgan fingerprint density at radius 2 is 1.91 bits per heavy atom. The van der Waals surface area contributed by atoms with Crippen molar-refractivity contribution in [3.63, 3.8) is 0 Å². The predicted molar refractivity (Wildman–Crippen MR) is 146 cm³/mol. The van der Waals surface area contributed by atoms with Crippen molar-refractivity contribution < 1.29 is 56.9 Å². The molecule has 240 valence electrons. The zero-order chi connectivity index (χ0) is 31.8. The van der Waals surface area contributed by atoms with E-state index in [2.05, 4.69) is 24.9 Å². The Hall–Kier alpha value is -3.95. The molecule has 0 aliphatic carbocycles. The number of nitrogen functional groups attached to an aromatic ring is 2. The van der Waals surface area contributed by atoms with Crippen LogP contribution in [0.5, 0.6) is 0 Å². The van der Waals surface area contributed by atoms with Crippen LogP contribution in [0.4, 0.5) is 11.8 Å². The van der Waals surface area contributed by atoms with E-state index in [1.807, 2.05) is 0 Å². The van der Waals surface area contributed by atoms with Crippen molar-refractivity contribution in [2.24, 2.45) is 0 Å². The molecule has 4 aromatic rings. The first-order valence-electron chi connectivity index (χ1n) is 12.8. The van der Waals surface area contributed by atoms with Crippen molar-refractivity contribution in [2.45, 2.75) is 36.9 Å². The molecule has 0 saturated carbocycles. The number of fused-ring (bicyclic) bond motifs is 4. The van der Waals surface area contributed by atoms with E-state index >= 15 is 0 Å². The molecular weight excluding hydrogens is 648 g/mol. The lowest BCUT2D eigenvalue weighted by Gasteiger charge is -2.27. The number of nitrogens with zero attached hydrogens (tertiary/aromatic N) is 6. The van der Waals surface area contributed by atoms with Crippen molar-refractivity contribution in [1.29, 1.82) is 0 Å². The van der Waals surface area contributed by atoms with E-state index in [1.54, 1.807) is 0 Å². The first kappa shape index (κ1) is 29.7. The molecule has 4 aromatic heterocycles. The van der Waals surface area contributed by atoms with Gasteiger partial charge < -0.3 is 45.7 Å². The standard InChI is InChI=1S/C21H23N9O13P2/c22-14-9-16(25-4-24-14)30(5-26-9)19-11(32)13-20(41-19)38-6-44(34,35)42-12-8(3-39-45(36,37)43-13)40-18(10(12)31)29-2-1-7-15(29)27-21(23)28-17(7)33/h1-2,4-5,8,11-13,19-20,31-32H,3,6H2,(H,34,35)(H,36,37)(H2,22,24,25)(H3,23,27,28,33)/t8-,11?,12?,13?,19-,20+/m1/s1. The minimum Gasteiger partial charge on any atom is -0.505 e. The summed E-state index contributed by atoms with van der Waals surface area (Å²) in [5, 5.41) is 22.2. The highest BCUT2D eigenvalue weighted by Crippen LogP contribution is 2.53. The summed E-state index contributed by atoms with van der Waals surface area (Å²) in [4.78, 5) is 51.8. The first-order valence-corrected chi connectivity index (χ1v) is 16.1. The number of anilines is 2. The van der Waals surface area contributed by atoms with Gasteiger partial charge in [0.15, 0.2) is 60.0 Å². The van der Waals surface area contributed by atoms with Crippen molar-refractivity contribution in [2.75, 3.05) is 24.4 Å². The highest BCUT2D eigenvalue weighted by molar-refractivity contribution is 7.52. The van der Waals surface area contributed by atoms with E-state index in [-0.39, 0.29) is 34.0 Å². The number of nitrogens with one attached hydrogen (secondary N) is 1. The van der Waals surface area contributed by atoms with Crippen molar-refractivity contribution in [1.82, 2.24) is 34.1 Å². The van der Waals surface area contributed by atoms with Crippen LogP contribution < -0.4 is 17.0 Å². The molecule has 45 heavy (non-hydrogen) atoms. The smallest absolute Gasteiger partial charge is 0.472 e. The molecule has 0 bridgehead atoms. The van der Waals surface area contributed by atoms with Crippen molar-refractivity contribution >= 4 is 55.3 Å². The van der Waals surface area contributed by atoms with Crippen molar-refractivity contribution in [3.05, 3.63) is 41.0 Å². The quantitative estimate of drug-likeness (QED) is 0.127. The maximum Gasteiger partial charge on any atom is 0.472 e. The number of aromatic nitrogens is 7. The third-order valence-electron chi connectivity index (χ3n) is 7.05. The fourth-order valence-electron chi connectivity index (χ4n) is 5.07. The number of aliphatic hydroxyl groups excluding tert-OH is 2. The Kier molecular flexibility index (Phi) is 6.98. The highest BCUT2D eigenvalue weighted by atomic mass is 31.2. The normalized spacial score (nSPS) is 34.3. The maximum atomic E-state index is 13.2. The average molecular weight is 671 g/mol. The van der Waals surface area contributed by atoms with Gasteiger partial charge in [-0.25, -0.2) is 19.5 Å². The number of nitrogens with two attached hydrogens (primary N) is 2. The third-order valence-corrected chi connectivity index (χ3v) is 9.07. The number of phosphoric ester groups is 1. The van der Waals surface area contributed by atoms with Gasteiger partial charge in [0.25, 0.3) is 5.56 Å². The van der Waals surface area contributed by atoms with Gasteiger partial charge in [0.05, 0.1) is 18.3 Å². The molecule has 2 saturated heterocycles. The van der Waals surface area contributed by atoms with Crippen LogP contribution in [0.2, 0.25) is 0 Å². The van der Waals surface area contributed by atoms with Gasteiger partial charge in [-0.1, -0.05) is 0 Å². The van der Waals surface area contributed by atoms with E-state index < -0.39 is 82.5 Å². The van der Waals surface area contributed by atoms with Crippen LogP contribution in [0.3, 0.4) is 0 Å². The summed E-state index contributed by atoms with van der Waals surface area (Å²) in [7, 11) is -9.87. The Morgan fingerprint density at radius 1 is 1.11 bits per heavy atom. The molecule has 0 amide bonds. The van der Waals surface area contributed by atoms with Crippen LogP contribution in [0, 0.1) is 0 Å². The number of imidazole rings is 1. The molecule has 7 rings (SSSR count). The Balaban J connectivity index is 1.19. The molecule has 9 N–H and O–H groups in total. The number of phosphoric acid groups is 1. The predicted octanol–water partition coefficient (Wildman–Crippen LogP) is -0.912. The van der Waals surface area contributed by atoms with Crippen LogP contribution >= 0.6 is 15.4 Å². The zero-order valence-electron chi connectivity index (χ0n) is 22.4. The Bertz CT molecular complexity index is 2010. The van der Waals surface area contributed by atoms with Crippen LogP contribution in [-0.2, 0) is 36.9 Å². The Labute approximate surface area is 248 Å². The molecule has 3 aliphatic rings. The molecule has 8 atom stereocenters. The molecule has 0 aromatic carbocycles. The number of ether oxygens (including phenoxy) is 3. The monoisotopic (exact) mass is 671 g/mol. The SMILES string of the molecule is Nc1nc2c(ccn2C2=C(O)C3OP(=O)(O)CO[C@H]4O[C@@H](n5cnc6c(N)ncnc65)C(O)C4OP(=O)(O)OC[C@H]3O2)c(=O)[nH]1. The van der Waals surface area contributed by atoms with E-state index in [0.717, 1.165) is 10.9 Å². The number of aromatic amines is 1. The lowest BCUT2D eigenvalue weighted by molar-refractivity contribution is -0.168. The minimum absolute atomic E-state index is 0.0316. The summed E-state index contributed by atoms with van der Waals surface area (Å²) >= 11 is 0. The lowest BCUT2D eigenvalue weighted by atomic mass is 10.2. The molecule has 7 heterocycles. The second-order valence-corrected chi connectivity index (χ2v) is 13.1. The Morgan fingerprint density at radius 3 is 2.71 bits per heavy atom. The summed E-state index contributed by atoms with van der Waals surface area (Å²) in [5.74, 6) is -1.37. The average Bonchev–Trinajstić information content (AvgIpc) is 3.72. The largest absolute Gasteiger partial charge is 0.505 e. The number of hydrogen-bond acceptors (Lipinski definition) is 17. The molecular formula is C21H23N9O13P2. The van der Waals surface area contributed by atoms with Crippen LogP contribution in [0.1, 0.15) is 6.23 Å². The zero-order valence-corrected chi connectivity index (χ0v) is 24.2. The van der Waals surface area contributed by atoms with Crippen molar-refractivity contribution in [3.8, 4) is 0 Å². The van der Waals surface area contributed by atoms with E-state index in [4.69, 9.17) is 39.2 Å². The summed E-state index contributed by atoms with van der Waals surface area (Å²) < 4.78 is 61.0. The molecule has 22 nitrogen and oxygen atoms in total.